The molecule has 0 spiro atoms. The molecule has 0 aliphatic carbocycles. The second-order valence-electron chi connectivity index (χ2n) is 10.5. The smallest absolute Gasteiger partial charge is 0.229 e. The number of halogens is 1. The summed E-state index contributed by atoms with van der Waals surface area (Å²) < 4.78 is 18.3. The van der Waals surface area contributed by atoms with Crippen molar-refractivity contribution in [3.63, 3.8) is 0 Å². The summed E-state index contributed by atoms with van der Waals surface area (Å²) in [6.45, 7) is 0.537. The van der Waals surface area contributed by atoms with Gasteiger partial charge in [-0.2, -0.15) is 0 Å². The van der Waals surface area contributed by atoms with Gasteiger partial charge >= 0.3 is 0 Å². The maximum absolute atomic E-state index is 14.4. The molecule has 0 atom stereocenters. The van der Waals surface area contributed by atoms with Crippen LogP contribution in [-0.2, 0) is 39.1 Å². The van der Waals surface area contributed by atoms with Gasteiger partial charge < -0.3 is 9.13 Å². The molecule has 9 nitrogen and oxygen atoms in total. The fourth-order valence-electron chi connectivity index (χ4n) is 5.93. The quantitative estimate of drug-likeness (QED) is 0.330. The molecule has 2 fully saturated rings. The Balaban J connectivity index is 1.35. The molecule has 2 aromatic heterocycles. The number of imide groups is 2. The minimum atomic E-state index is -0.362. The van der Waals surface area contributed by atoms with Gasteiger partial charge in [0.25, 0.3) is 0 Å². The Labute approximate surface area is 230 Å². The number of piperidine rings is 2. The normalized spacial score (nSPS) is 16.6. The fourth-order valence-corrected chi connectivity index (χ4v) is 5.93. The van der Waals surface area contributed by atoms with Crippen molar-refractivity contribution < 1.29 is 23.6 Å². The lowest BCUT2D eigenvalue weighted by atomic mass is 10.1. The summed E-state index contributed by atoms with van der Waals surface area (Å²) >= 11 is 0. The van der Waals surface area contributed by atoms with Crippen LogP contribution >= 0.6 is 0 Å². The van der Waals surface area contributed by atoms with Gasteiger partial charge in [0.15, 0.2) is 0 Å². The Hall–Kier alpha value is -4.34. The van der Waals surface area contributed by atoms with Gasteiger partial charge in [-0.25, -0.2) is 9.37 Å². The number of para-hydroxylation sites is 1. The summed E-state index contributed by atoms with van der Waals surface area (Å²) in [5.41, 5.74) is 4.11. The average molecular weight is 544 g/mol. The zero-order valence-electron chi connectivity index (χ0n) is 22.4. The predicted molar refractivity (Wildman–Crippen MR) is 146 cm³/mol. The Morgan fingerprint density at radius 1 is 0.825 bits per heavy atom. The van der Waals surface area contributed by atoms with Crippen LogP contribution < -0.4 is 0 Å². The summed E-state index contributed by atoms with van der Waals surface area (Å²) in [4.78, 5) is 56.7. The topological polar surface area (TPSA) is 97.5 Å². The molecule has 4 amide bonds. The summed E-state index contributed by atoms with van der Waals surface area (Å²) in [5, 5.41) is 0.721. The van der Waals surface area contributed by atoms with E-state index >= 15 is 0 Å². The SMILES string of the molecule is Cn1c(CCN2C(=O)CCCC2=O)nc2cccc(-n3cc(CCN4C(=O)CCCC4=O)c4cc(F)ccc43)c21. The third kappa shape index (κ3) is 4.57. The zero-order valence-corrected chi connectivity index (χ0v) is 22.4. The lowest BCUT2D eigenvalue weighted by Gasteiger charge is -2.24. The highest BCUT2D eigenvalue weighted by Gasteiger charge is 2.27. The molecule has 4 aromatic rings. The minimum absolute atomic E-state index is 0.137. The molecule has 0 bridgehead atoms. The number of aromatic nitrogens is 3. The van der Waals surface area contributed by atoms with Gasteiger partial charge in [-0.05, 0) is 55.2 Å². The number of benzene rings is 2. The maximum Gasteiger partial charge on any atom is 0.229 e. The molecule has 4 heterocycles. The Morgan fingerprint density at radius 2 is 1.45 bits per heavy atom. The number of carbonyl (C=O) groups excluding carboxylic acids is 4. The highest BCUT2D eigenvalue weighted by atomic mass is 19.1. The van der Waals surface area contributed by atoms with Gasteiger partial charge in [-0.1, -0.05) is 6.07 Å². The molecule has 2 aliphatic heterocycles. The van der Waals surface area contributed by atoms with Gasteiger partial charge in [0.1, 0.15) is 11.6 Å². The van der Waals surface area contributed by atoms with Crippen molar-refractivity contribution in [1.82, 2.24) is 23.9 Å². The molecule has 2 aromatic carbocycles. The molecule has 6 rings (SSSR count). The first-order chi connectivity index (χ1) is 19.3. The van der Waals surface area contributed by atoms with E-state index in [1.165, 1.54) is 21.9 Å². The molecule has 0 N–H and O–H groups in total. The van der Waals surface area contributed by atoms with E-state index in [1.807, 2.05) is 40.6 Å². The fraction of sp³-hybridized carbons (Fsp3) is 0.367. The van der Waals surface area contributed by atoms with E-state index in [0.29, 0.717) is 51.4 Å². The number of nitrogens with zero attached hydrogens (tertiary/aromatic N) is 5. The van der Waals surface area contributed by atoms with Crippen molar-refractivity contribution in [2.45, 2.75) is 51.4 Å². The van der Waals surface area contributed by atoms with Gasteiger partial charge in [-0.3, -0.25) is 29.0 Å². The number of likely N-dealkylation sites (tertiary alicyclic amines) is 2. The van der Waals surface area contributed by atoms with Crippen molar-refractivity contribution in [1.29, 1.82) is 0 Å². The van der Waals surface area contributed by atoms with Crippen LogP contribution in [-0.4, -0.2) is 60.6 Å². The molecule has 0 unspecified atom stereocenters. The maximum atomic E-state index is 14.4. The van der Waals surface area contributed by atoms with E-state index in [9.17, 15) is 23.6 Å². The third-order valence-electron chi connectivity index (χ3n) is 8.00. The highest BCUT2D eigenvalue weighted by Crippen LogP contribution is 2.31. The molecule has 2 aliphatic rings. The van der Waals surface area contributed by atoms with Crippen molar-refractivity contribution in [2.24, 2.45) is 7.05 Å². The standard InChI is InChI=1S/C30H30FN5O4/c1-33-25(14-16-35-28(39)9-4-10-29(35)40)32-22-5-2-6-24(30(22)33)36-18-19(21-17-20(31)11-12-23(21)36)13-15-34-26(37)7-3-8-27(34)38/h2,5-6,11-12,17-18H,3-4,7-10,13-16H2,1H3. The Kier molecular flexibility index (Phi) is 6.69. The third-order valence-corrected chi connectivity index (χ3v) is 8.00. The minimum Gasteiger partial charge on any atom is -0.329 e. The number of carbonyl (C=O) groups is 4. The zero-order chi connectivity index (χ0) is 28.0. The lowest BCUT2D eigenvalue weighted by molar-refractivity contribution is -0.149. The van der Waals surface area contributed by atoms with Crippen LogP contribution in [0.5, 0.6) is 0 Å². The van der Waals surface area contributed by atoms with Crippen molar-refractivity contribution in [3.05, 3.63) is 59.8 Å². The van der Waals surface area contributed by atoms with Crippen LogP contribution in [0.4, 0.5) is 4.39 Å². The van der Waals surface area contributed by atoms with Crippen LogP contribution in [0.25, 0.3) is 27.6 Å². The van der Waals surface area contributed by atoms with E-state index in [4.69, 9.17) is 4.98 Å². The van der Waals surface area contributed by atoms with Gasteiger partial charge in [0.05, 0.1) is 22.2 Å². The lowest BCUT2D eigenvalue weighted by Crippen LogP contribution is -2.41. The van der Waals surface area contributed by atoms with Crippen LogP contribution in [0, 0.1) is 5.82 Å². The summed E-state index contributed by atoms with van der Waals surface area (Å²) in [5.74, 6) is -0.208. The molecular formula is C30H30FN5O4. The number of rotatable bonds is 7. The number of hydrogen-bond acceptors (Lipinski definition) is 5. The number of amides is 4. The first kappa shape index (κ1) is 25.9. The van der Waals surface area contributed by atoms with Crippen molar-refractivity contribution in [3.8, 4) is 5.69 Å². The largest absolute Gasteiger partial charge is 0.329 e. The van der Waals surface area contributed by atoms with E-state index in [-0.39, 0.29) is 42.5 Å². The average Bonchev–Trinajstić information content (AvgIpc) is 3.45. The number of hydrogen-bond donors (Lipinski definition) is 0. The van der Waals surface area contributed by atoms with E-state index in [1.54, 1.807) is 6.07 Å². The van der Waals surface area contributed by atoms with Crippen molar-refractivity contribution >= 4 is 45.6 Å². The first-order valence-electron chi connectivity index (χ1n) is 13.7. The monoisotopic (exact) mass is 543 g/mol. The summed E-state index contributed by atoms with van der Waals surface area (Å²) in [6.07, 6.45) is 5.49. The molecule has 206 valence electrons. The number of aryl methyl sites for hydroxylation is 1. The van der Waals surface area contributed by atoms with E-state index in [2.05, 4.69) is 0 Å². The molecule has 0 radical (unpaired) electrons. The Morgan fingerprint density at radius 3 is 2.10 bits per heavy atom. The summed E-state index contributed by atoms with van der Waals surface area (Å²) in [7, 11) is 1.91. The van der Waals surface area contributed by atoms with Gasteiger partial charge in [0, 0.05) is 63.8 Å². The predicted octanol–water partition coefficient (Wildman–Crippen LogP) is 3.82. The molecule has 2 saturated heterocycles. The van der Waals surface area contributed by atoms with Crippen LogP contribution in [0.3, 0.4) is 0 Å². The van der Waals surface area contributed by atoms with E-state index in [0.717, 1.165) is 39.0 Å². The highest BCUT2D eigenvalue weighted by molar-refractivity contribution is 5.98. The van der Waals surface area contributed by atoms with E-state index < -0.39 is 0 Å². The molecule has 10 heteroatoms. The second kappa shape index (κ2) is 10.3. The molecular weight excluding hydrogens is 513 g/mol. The van der Waals surface area contributed by atoms with Gasteiger partial charge in [0.2, 0.25) is 23.6 Å². The van der Waals surface area contributed by atoms with Gasteiger partial charge in [-0.15, -0.1) is 0 Å². The Bertz CT molecular complexity index is 1650. The van der Waals surface area contributed by atoms with Crippen LogP contribution in [0.1, 0.15) is 49.9 Å². The first-order valence-corrected chi connectivity index (χ1v) is 13.7. The molecule has 0 saturated carbocycles. The number of fused-ring (bicyclic) bond motifs is 2. The second-order valence-corrected chi connectivity index (χ2v) is 10.5. The van der Waals surface area contributed by atoms with Crippen LogP contribution in [0.2, 0.25) is 0 Å². The molecule has 40 heavy (non-hydrogen) atoms. The van der Waals surface area contributed by atoms with Crippen molar-refractivity contribution in [2.75, 3.05) is 13.1 Å². The summed E-state index contributed by atoms with van der Waals surface area (Å²) in [6, 6.07) is 10.4. The number of imidazole rings is 1. The van der Waals surface area contributed by atoms with Crippen LogP contribution in [0.15, 0.2) is 42.6 Å².